The van der Waals surface area contributed by atoms with Gasteiger partial charge in [0, 0.05) is 23.6 Å². The normalized spacial score (nSPS) is 32.8. The number of non-ortho nitro benzene ring substituents is 1. The quantitative estimate of drug-likeness (QED) is 0.202. The monoisotopic (exact) mass is 570 g/mol. The maximum absolute atomic E-state index is 11.7. The Morgan fingerprint density at radius 1 is 1.07 bits per heavy atom. The molecular formula is C31H46N4O6. The van der Waals surface area contributed by atoms with E-state index in [1.807, 2.05) is 0 Å². The summed E-state index contributed by atoms with van der Waals surface area (Å²) in [7, 11) is 0. The van der Waals surface area contributed by atoms with Gasteiger partial charge in [0.1, 0.15) is 5.69 Å². The highest BCUT2D eigenvalue weighted by Crippen LogP contribution is 2.66. The summed E-state index contributed by atoms with van der Waals surface area (Å²) in [6, 6.07) is 3.46. The largest absolute Gasteiger partial charge is 0.481 e. The molecule has 1 aromatic rings. The number of carboxylic acid groups (broad SMARTS) is 1. The number of nitrogens with zero attached hydrogens (tertiary/aromatic N) is 3. The van der Waals surface area contributed by atoms with Gasteiger partial charge < -0.3 is 5.11 Å². The number of hydrogen-bond acceptors (Lipinski definition) is 7. The lowest BCUT2D eigenvalue weighted by Gasteiger charge is -2.57. The molecule has 1 aromatic carbocycles. The molecule has 10 heteroatoms. The smallest absolute Gasteiger partial charge is 0.303 e. The number of nitro groups is 2. The summed E-state index contributed by atoms with van der Waals surface area (Å²) in [6.07, 6.45) is 9.35. The molecule has 7 atom stereocenters. The first kappa shape index (κ1) is 30.9. The van der Waals surface area contributed by atoms with Gasteiger partial charge in [-0.05, 0) is 91.9 Å². The lowest BCUT2D eigenvalue weighted by molar-refractivity contribution is -0.393. The Labute approximate surface area is 242 Å². The number of nitro benzene ring substituents is 2. The molecule has 41 heavy (non-hydrogen) atoms. The van der Waals surface area contributed by atoms with E-state index in [-0.39, 0.29) is 17.8 Å². The van der Waals surface area contributed by atoms with Crippen LogP contribution in [0.2, 0.25) is 0 Å². The number of nitrogens with one attached hydrogen (secondary N) is 1. The lowest BCUT2D eigenvalue weighted by atomic mass is 9.47. The fraction of sp³-hybridized carbons (Fsp3) is 0.742. The minimum atomic E-state index is -0.841. The van der Waals surface area contributed by atoms with Crippen molar-refractivity contribution >= 4 is 28.7 Å². The third-order valence-corrected chi connectivity index (χ3v) is 11.1. The molecule has 0 aliphatic heterocycles. The number of anilines is 1. The average Bonchev–Trinajstić information content (AvgIpc) is 3.27. The first-order valence-corrected chi connectivity index (χ1v) is 15.3. The van der Waals surface area contributed by atoms with Crippen molar-refractivity contribution in [1.82, 2.24) is 0 Å². The first-order valence-electron chi connectivity index (χ1n) is 15.3. The summed E-state index contributed by atoms with van der Waals surface area (Å²) in [5, 5.41) is 37.1. The minimum absolute atomic E-state index is 0.0349. The van der Waals surface area contributed by atoms with Crippen molar-refractivity contribution in [1.29, 1.82) is 0 Å². The van der Waals surface area contributed by atoms with Crippen LogP contribution in [0, 0.1) is 66.6 Å². The highest BCUT2D eigenvalue weighted by Gasteiger charge is 2.59. The standard InChI is InChI=1S/C31H46N4O6/c1-19(2)6-7-20(3)23-10-11-24-22-9-13-28(31(5,17-15-29(36)37)25(22)14-16-30(23,24)4)33-32-26-12-8-21(34(38)39)18-27(26)35(40)41/h8,12,18-20,22-25,32H,6-7,9-11,13-17H2,1-5H3,(H,36,37)/b33-28-. The van der Waals surface area contributed by atoms with E-state index in [0.29, 0.717) is 47.8 Å². The minimum Gasteiger partial charge on any atom is -0.481 e. The van der Waals surface area contributed by atoms with Crippen molar-refractivity contribution < 1.29 is 19.7 Å². The van der Waals surface area contributed by atoms with Gasteiger partial charge >= 0.3 is 11.7 Å². The Bertz CT molecular complexity index is 1200. The maximum Gasteiger partial charge on any atom is 0.303 e. The molecule has 0 spiro atoms. The van der Waals surface area contributed by atoms with Gasteiger partial charge in [0.05, 0.1) is 15.9 Å². The zero-order valence-corrected chi connectivity index (χ0v) is 25.1. The zero-order valence-electron chi connectivity index (χ0n) is 25.1. The second-order valence-electron chi connectivity index (χ2n) is 13.8. The summed E-state index contributed by atoms with van der Waals surface area (Å²) >= 11 is 0. The molecule has 0 amide bonds. The van der Waals surface area contributed by atoms with Crippen LogP contribution in [-0.2, 0) is 4.79 Å². The Morgan fingerprint density at radius 2 is 1.80 bits per heavy atom. The van der Waals surface area contributed by atoms with Gasteiger partial charge in [0.25, 0.3) is 5.69 Å². The van der Waals surface area contributed by atoms with Crippen molar-refractivity contribution in [2.75, 3.05) is 5.43 Å². The number of fused-ring (bicyclic) bond motifs is 3. The number of aliphatic carboxylic acids is 1. The van der Waals surface area contributed by atoms with Crippen molar-refractivity contribution in [3.05, 3.63) is 38.4 Å². The van der Waals surface area contributed by atoms with Gasteiger partial charge in [-0.1, -0.05) is 47.5 Å². The molecule has 3 aliphatic carbocycles. The van der Waals surface area contributed by atoms with E-state index in [0.717, 1.165) is 37.0 Å². The highest BCUT2D eigenvalue weighted by molar-refractivity contribution is 5.92. The molecule has 3 aliphatic rings. The molecule has 3 saturated carbocycles. The Hall–Kier alpha value is -3.04. The van der Waals surface area contributed by atoms with E-state index >= 15 is 0 Å². The van der Waals surface area contributed by atoms with Crippen LogP contribution in [0.15, 0.2) is 23.3 Å². The molecule has 4 rings (SSSR count). The van der Waals surface area contributed by atoms with Crippen LogP contribution in [0.4, 0.5) is 17.1 Å². The van der Waals surface area contributed by atoms with Crippen molar-refractivity contribution in [2.45, 2.75) is 98.8 Å². The van der Waals surface area contributed by atoms with E-state index < -0.39 is 26.9 Å². The second kappa shape index (κ2) is 12.1. The lowest BCUT2D eigenvalue weighted by Crippen LogP contribution is -2.53. The summed E-state index contributed by atoms with van der Waals surface area (Å²) in [5.74, 6) is 2.70. The molecule has 226 valence electrons. The number of hydrogen-bond donors (Lipinski definition) is 2. The third-order valence-electron chi connectivity index (χ3n) is 11.1. The molecule has 2 N–H and O–H groups in total. The van der Waals surface area contributed by atoms with Crippen molar-refractivity contribution in [3.8, 4) is 0 Å². The van der Waals surface area contributed by atoms with E-state index in [2.05, 4.69) is 45.1 Å². The van der Waals surface area contributed by atoms with Crippen LogP contribution >= 0.6 is 0 Å². The SMILES string of the molecule is CC(C)CCC(C)C1CCC2C3CC/C(=N/Nc4ccc([N+](=O)[O-])cc4[N+](=O)[O-])C(C)(CCC(=O)O)C3CCC12C. The highest BCUT2D eigenvalue weighted by atomic mass is 16.6. The molecule has 0 heterocycles. The van der Waals surface area contributed by atoms with E-state index in [9.17, 15) is 30.1 Å². The summed E-state index contributed by atoms with van der Waals surface area (Å²) in [6.45, 7) is 11.7. The van der Waals surface area contributed by atoms with Gasteiger partial charge in [-0.15, -0.1) is 0 Å². The maximum atomic E-state index is 11.7. The molecule has 0 bridgehead atoms. The fourth-order valence-electron chi connectivity index (χ4n) is 8.94. The van der Waals surface area contributed by atoms with Gasteiger partial charge in [-0.2, -0.15) is 5.10 Å². The van der Waals surface area contributed by atoms with Gasteiger partial charge in [0.2, 0.25) is 0 Å². The van der Waals surface area contributed by atoms with E-state index in [4.69, 9.17) is 0 Å². The number of benzene rings is 1. The second-order valence-corrected chi connectivity index (χ2v) is 13.8. The van der Waals surface area contributed by atoms with Gasteiger partial charge in [-0.25, -0.2) is 0 Å². The average molecular weight is 571 g/mol. The molecule has 7 unspecified atom stereocenters. The van der Waals surface area contributed by atoms with Gasteiger partial charge in [0.15, 0.2) is 0 Å². The number of rotatable bonds is 11. The number of hydrazone groups is 1. The number of carboxylic acids is 1. The van der Waals surface area contributed by atoms with Crippen LogP contribution in [0.3, 0.4) is 0 Å². The molecule has 10 nitrogen and oxygen atoms in total. The molecule has 0 aromatic heterocycles. The van der Waals surface area contributed by atoms with E-state index in [1.54, 1.807) is 0 Å². The molecule has 3 fully saturated rings. The topological polar surface area (TPSA) is 148 Å². The Kier molecular flexibility index (Phi) is 9.09. The van der Waals surface area contributed by atoms with Crippen molar-refractivity contribution in [2.24, 2.45) is 51.4 Å². The number of carbonyl (C=O) groups is 1. The molecular weight excluding hydrogens is 524 g/mol. The van der Waals surface area contributed by atoms with E-state index in [1.165, 1.54) is 37.8 Å². The van der Waals surface area contributed by atoms with Gasteiger partial charge in [-0.3, -0.25) is 30.4 Å². The summed E-state index contributed by atoms with van der Waals surface area (Å²) in [5.41, 5.74) is 2.85. The first-order chi connectivity index (χ1) is 19.3. The predicted octanol–water partition coefficient (Wildman–Crippen LogP) is 8.07. The van der Waals surface area contributed by atoms with Crippen LogP contribution in [0.1, 0.15) is 98.8 Å². The zero-order chi connectivity index (χ0) is 30.1. The Morgan fingerprint density at radius 3 is 2.44 bits per heavy atom. The van der Waals surface area contributed by atoms with Crippen LogP contribution in [-0.4, -0.2) is 26.6 Å². The fourth-order valence-corrected chi connectivity index (χ4v) is 8.94. The molecule has 0 radical (unpaired) electrons. The molecule has 0 saturated heterocycles. The van der Waals surface area contributed by atoms with Crippen molar-refractivity contribution in [3.63, 3.8) is 0 Å². The predicted molar refractivity (Wildman–Crippen MR) is 159 cm³/mol. The summed E-state index contributed by atoms with van der Waals surface area (Å²) < 4.78 is 0. The van der Waals surface area contributed by atoms with Crippen LogP contribution in [0.5, 0.6) is 0 Å². The summed E-state index contributed by atoms with van der Waals surface area (Å²) in [4.78, 5) is 33.2. The third kappa shape index (κ3) is 6.11. The van der Waals surface area contributed by atoms with Crippen LogP contribution < -0.4 is 5.43 Å². The van der Waals surface area contributed by atoms with Crippen LogP contribution in [0.25, 0.3) is 0 Å². The Balaban J connectivity index is 1.61.